The molecule has 5 nitrogen and oxygen atoms in total. The molecule has 18 heavy (non-hydrogen) atoms. The molecule has 106 valence electrons. The van der Waals surface area contributed by atoms with Crippen LogP contribution in [0, 0.1) is 0 Å². The summed E-state index contributed by atoms with van der Waals surface area (Å²) in [5, 5.41) is 5.77. The Morgan fingerprint density at radius 2 is 1.78 bits per heavy atom. The molecule has 0 saturated carbocycles. The topological polar surface area (TPSA) is 61.4 Å². The van der Waals surface area contributed by atoms with Crippen LogP contribution in [0.1, 0.15) is 40.5 Å². The van der Waals surface area contributed by atoms with Gasteiger partial charge in [0.25, 0.3) is 0 Å². The molecule has 0 aromatic rings. The molecule has 0 radical (unpaired) electrons. The molecule has 0 unspecified atom stereocenters. The van der Waals surface area contributed by atoms with Crippen LogP contribution >= 0.6 is 0 Å². The van der Waals surface area contributed by atoms with E-state index in [4.69, 9.17) is 0 Å². The molecule has 0 rings (SSSR count). The zero-order chi connectivity index (χ0) is 14.2. The molecule has 5 heteroatoms. The molecular formula is C13H27N3O2. The van der Waals surface area contributed by atoms with Crippen LogP contribution in [0.5, 0.6) is 0 Å². The second-order valence-corrected chi connectivity index (χ2v) is 4.95. The maximum atomic E-state index is 12.3. The number of hydrogen-bond donors (Lipinski definition) is 2. The first-order chi connectivity index (χ1) is 8.38. The summed E-state index contributed by atoms with van der Waals surface area (Å²) in [6.45, 7) is 9.03. The highest BCUT2D eigenvalue weighted by molar-refractivity contribution is 5.89. The van der Waals surface area contributed by atoms with E-state index in [2.05, 4.69) is 10.6 Å². The number of hydrogen-bond acceptors (Lipinski definition) is 3. The molecule has 0 aromatic heterocycles. The number of rotatable bonds is 8. The molecule has 0 spiro atoms. The molecule has 2 amide bonds. The summed E-state index contributed by atoms with van der Waals surface area (Å²) in [6, 6.07) is 0. The van der Waals surface area contributed by atoms with Crippen molar-refractivity contribution in [2.24, 2.45) is 0 Å². The average molecular weight is 257 g/mol. The Balaban J connectivity index is 4.56. The Labute approximate surface area is 110 Å². The van der Waals surface area contributed by atoms with E-state index in [0.29, 0.717) is 13.1 Å². The minimum Gasteiger partial charge on any atom is -0.355 e. The van der Waals surface area contributed by atoms with E-state index in [-0.39, 0.29) is 18.4 Å². The third-order valence-corrected chi connectivity index (χ3v) is 2.85. The molecule has 0 bridgehead atoms. The van der Waals surface area contributed by atoms with Gasteiger partial charge >= 0.3 is 0 Å². The van der Waals surface area contributed by atoms with Gasteiger partial charge in [0, 0.05) is 13.1 Å². The van der Waals surface area contributed by atoms with E-state index in [0.717, 1.165) is 12.8 Å². The lowest BCUT2D eigenvalue weighted by Gasteiger charge is -2.31. The molecule has 0 atom stereocenters. The lowest BCUT2D eigenvalue weighted by molar-refractivity contribution is -0.140. The summed E-state index contributed by atoms with van der Waals surface area (Å²) in [7, 11) is 1.75. The SMILES string of the molecule is CCCNC(=O)CN(CCC)C(=O)C(C)(C)NC. The average Bonchev–Trinajstić information content (AvgIpc) is 2.34. The van der Waals surface area contributed by atoms with Gasteiger partial charge in [-0.25, -0.2) is 0 Å². The maximum Gasteiger partial charge on any atom is 0.242 e. The van der Waals surface area contributed by atoms with E-state index in [9.17, 15) is 9.59 Å². The Kier molecular flexibility index (Phi) is 7.59. The van der Waals surface area contributed by atoms with E-state index >= 15 is 0 Å². The monoisotopic (exact) mass is 257 g/mol. The molecule has 0 fully saturated rings. The number of carbonyl (C=O) groups is 2. The predicted molar refractivity (Wildman–Crippen MR) is 73.3 cm³/mol. The summed E-state index contributed by atoms with van der Waals surface area (Å²) < 4.78 is 0. The standard InChI is InChI=1S/C13H27N3O2/c1-6-8-15-11(17)10-16(9-7-2)12(18)13(3,4)14-5/h14H,6-10H2,1-5H3,(H,15,17). The van der Waals surface area contributed by atoms with Crippen molar-refractivity contribution in [2.75, 3.05) is 26.7 Å². The van der Waals surface area contributed by atoms with Crippen molar-refractivity contribution in [3.63, 3.8) is 0 Å². The highest BCUT2D eigenvalue weighted by Gasteiger charge is 2.30. The second kappa shape index (κ2) is 8.08. The second-order valence-electron chi connectivity index (χ2n) is 4.95. The van der Waals surface area contributed by atoms with Crippen molar-refractivity contribution >= 4 is 11.8 Å². The van der Waals surface area contributed by atoms with Gasteiger partial charge in [0.15, 0.2) is 0 Å². The van der Waals surface area contributed by atoms with E-state index < -0.39 is 5.54 Å². The Morgan fingerprint density at radius 1 is 1.17 bits per heavy atom. The fourth-order valence-corrected chi connectivity index (χ4v) is 1.52. The highest BCUT2D eigenvalue weighted by Crippen LogP contribution is 2.08. The fraction of sp³-hybridized carbons (Fsp3) is 0.846. The van der Waals surface area contributed by atoms with Crippen LogP contribution in [0.25, 0.3) is 0 Å². The number of amides is 2. The predicted octanol–water partition coefficient (Wildman–Crippen LogP) is 0.749. The minimum absolute atomic E-state index is 0.0431. The van der Waals surface area contributed by atoms with Crippen LogP contribution in [-0.2, 0) is 9.59 Å². The number of carbonyl (C=O) groups excluding carboxylic acids is 2. The first-order valence-electron chi connectivity index (χ1n) is 6.64. The molecule has 0 saturated heterocycles. The van der Waals surface area contributed by atoms with Gasteiger partial charge in [-0.2, -0.15) is 0 Å². The first kappa shape index (κ1) is 16.9. The zero-order valence-electron chi connectivity index (χ0n) is 12.3. The molecule has 0 heterocycles. The van der Waals surface area contributed by atoms with Crippen molar-refractivity contribution in [3.8, 4) is 0 Å². The lowest BCUT2D eigenvalue weighted by atomic mass is 10.0. The smallest absolute Gasteiger partial charge is 0.242 e. The molecule has 0 aliphatic rings. The lowest BCUT2D eigenvalue weighted by Crippen LogP contribution is -2.55. The molecule has 0 aromatic carbocycles. The number of nitrogens with one attached hydrogen (secondary N) is 2. The normalized spacial score (nSPS) is 11.2. The molecular weight excluding hydrogens is 230 g/mol. The minimum atomic E-state index is -0.639. The van der Waals surface area contributed by atoms with Crippen molar-refractivity contribution in [1.82, 2.24) is 15.5 Å². The van der Waals surface area contributed by atoms with Gasteiger partial charge in [0.1, 0.15) is 0 Å². The Hall–Kier alpha value is -1.10. The van der Waals surface area contributed by atoms with Crippen molar-refractivity contribution < 1.29 is 9.59 Å². The summed E-state index contributed by atoms with van der Waals surface area (Å²) in [6.07, 6.45) is 1.74. The van der Waals surface area contributed by atoms with Gasteiger partial charge < -0.3 is 15.5 Å². The summed E-state index contributed by atoms with van der Waals surface area (Å²) in [4.78, 5) is 25.6. The van der Waals surface area contributed by atoms with Gasteiger partial charge in [-0.3, -0.25) is 9.59 Å². The highest BCUT2D eigenvalue weighted by atomic mass is 16.2. The fourth-order valence-electron chi connectivity index (χ4n) is 1.52. The zero-order valence-corrected chi connectivity index (χ0v) is 12.3. The van der Waals surface area contributed by atoms with Crippen LogP contribution in [0.2, 0.25) is 0 Å². The van der Waals surface area contributed by atoms with Crippen LogP contribution in [0.3, 0.4) is 0 Å². The summed E-state index contributed by atoms with van der Waals surface area (Å²) in [5.41, 5.74) is -0.639. The summed E-state index contributed by atoms with van der Waals surface area (Å²) in [5.74, 6) is -0.135. The quantitative estimate of drug-likeness (QED) is 0.674. The van der Waals surface area contributed by atoms with Gasteiger partial charge in [0.2, 0.25) is 11.8 Å². The molecule has 0 aliphatic carbocycles. The van der Waals surface area contributed by atoms with Crippen molar-refractivity contribution in [3.05, 3.63) is 0 Å². The van der Waals surface area contributed by atoms with Gasteiger partial charge in [-0.1, -0.05) is 13.8 Å². The molecule has 0 aliphatic heterocycles. The first-order valence-corrected chi connectivity index (χ1v) is 6.64. The third kappa shape index (κ3) is 5.49. The Morgan fingerprint density at radius 3 is 2.22 bits per heavy atom. The largest absolute Gasteiger partial charge is 0.355 e. The van der Waals surface area contributed by atoms with Gasteiger partial charge in [-0.15, -0.1) is 0 Å². The van der Waals surface area contributed by atoms with Gasteiger partial charge in [-0.05, 0) is 33.7 Å². The third-order valence-electron chi connectivity index (χ3n) is 2.85. The van der Waals surface area contributed by atoms with Crippen LogP contribution < -0.4 is 10.6 Å². The van der Waals surface area contributed by atoms with Crippen molar-refractivity contribution in [1.29, 1.82) is 0 Å². The Bertz CT molecular complexity index is 277. The van der Waals surface area contributed by atoms with Gasteiger partial charge in [0.05, 0.1) is 12.1 Å². The number of likely N-dealkylation sites (N-methyl/N-ethyl adjacent to an activating group) is 1. The van der Waals surface area contributed by atoms with E-state index in [1.54, 1.807) is 11.9 Å². The van der Waals surface area contributed by atoms with Crippen LogP contribution in [-0.4, -0.2) is 48.9 Å². The molecule has 2 N–H and O–H groups in total. The number of nitrogens with zero attached hydrogens (tertiary/aromatic N) is 1. The van der Waals surface area contributed by atoms with Crippen molar-refractivity contribution in [2.45, 2.75) is 46.1 Å². The summed E-state index contributed by atoms with van der Waals surface area (Å²) >= 11 is 0. The van der Waals surface area contributed by atoms with Crippen LogP contribution in [0.15, 0.2) is 0 Å². The van der Waals surface area contributed by atoms with E-state index in [1.807, 2.05) is 27.7 Å². The van der Waals surface area contributed by atoms with Crippen LogP contribution in [0.4, 0.5) is 0 Å². The maximum absolute atomic E-state index is 12.3. The van der Waals surface area contributed by atoms with E-state index in [1.165, 1.54) is 0 Å².